The fourth-order valence-electron chi connectivity index (χ4n) is 3.20. The maximum Gasteiger partial charge on any atom is 0.340 e. The van der Waals surface area contributed by atoms with Gasteiger partial charge in [-0.2, -0.15) is 5.26 Å². The van der Waals surface area contributed by atoms with Gasteiger partial charge < -0.3 is 15.8 Å². The summed E-state index contributed by atoms with van der Waals surface area (Å²) in [4.78, 5) is 24.8. The van der Waals surface area contributed by atoms with Crippen molar-refractivity contribution in [1.29, 1.82) is 5.26 Å². The number of nitriles is 1. The Kier molecular flexibility index (Phi) is 5.88. The third-order valence-electron chi connectivity index (χ3n) is 4.98. The second-order valence-electron chi connectivity index (χ2n) is 6.88. The van der Waals surface area contributed by atoms with Gasteiger partial charge in [0, 0.05) is 17.1 Å². The molecule has 3 aromatic rings. The maximum atomic E-state index is 12.5. The fraction of sp³-hybridized carbons (Fsp3) is 0.174. The number of benzene rings is 2. The lowest BCUT2D eigenvalue weighted by atomic mass is 10.1. The number of carbonyl (C=O) groups is 2. The van der Waals surface area contributed by atoms with Crippen molar-refractivity contribution < 1.29 is 14.3 Å². The summed E-state index contributed by atoms with van der Waals surface area (Å²) in [7, 11) is 0. The van der Waals surface area contributed by atoms with E-state index >= 15 is 0 Å². The molecule has 0 aliphatic heterocycles. The number of carbonyl (C=O) groups excluding carboxylic acids is 2. The second kappa shape index (κ2) is 8.53. The van der Waals surface area contributed by atoms with Crippen LogP contribution in [0, 0.1) is 32.1 Å². The molecule has 7 heteroatoms. The van der Waals surface area contributed by atoms with Gasteiger partial charge >= 0.3 is 5.97 Å². The van der Waals surface area contributed by atoms with Crippen LogP contribution in [0.15, 0.2) is 48.5 Å². The molecule has 0 aliphatic carbocycles. The Morgan fingerprint density at radius 3 is 2.47 bits per heavy atom. The summed E-state index contributed by atoms with van der Waals surface area (Å²) in [6.45, 7) is 4.97. The van der Waals surface area contributed by atoms with Crippen molar-refractivity contribution in [2.75, 3.05) is 17.7 Å². The zero-order valence-electron chi connectivity index (χ0n) is 17.0. The molecule has 0 unspecified atom stereocenters. The van der Waals surface area contributed by atoms with Crippen LogP contribution in [-0.4, -0.2) is 23.1 Å². The van der Waals surface area contributed by atoms with Crippen LogP contribution < -0.4 is 11.1 Å². The number of nitrogens with zero attached hydrogens (tertiary/aromatic N) is 2. The first-order valence-electron chi connectivity index (χ1n) is 9.34. The smallest absolute Gasteiger partial charge is 0.340 e. The van der Waals surface area contributed by atoms with E-state index in [1.165, 1.54) is 0 Å². The SMILES string of the molecule is Cc1cccc(C(=O)OCC(=O)Nc2c(C#N)c(C)c(C)n2-c2ccccc2)c1N. The Hall–Kier alpha value is -4.05. The highest BCUT2D eigenvalue weighted by Gasteiger charge is 2.21. The van der Waals surface area contributed by atoms with Gasteiger partial charge in [0.05, 0.1) is 11.1 Å². The normalized spacial score (nSPS) is 10.3. The first-order valence-corrected chi connectivity index (χ1v) is 9.34. The molecule has 0 spiro atoms. The van der Waals surface area contributed by atoms with E-state index in [1.54, 1.807) is 29.7 Å². The first kappa shape index (κ1) is 20.7. The van der Waals surface area contributed by atoms with Crippen LogP contribution in [0.2, 0.25) is 0 Å². The molecule has 30 heavy (non-hydrogen) atoms. The van der Waals surface area contributed by atoms with Crippen molar-refractivity contribution >= 4 is 23.4 Å². The average Bonchev–Trinajstić information content (AvgIpc) is 2.98. The minimum atomic E-state index is -0.683. The van der Waals surface area contributed by atoms with Gasteiger partial charge in [-0.05, 0) is 50.1 Å². The van der Waals surface area contributed by atoms with Crippen LogP contribution in [0.1, 0.15) is 32.7 Å². The van der Waals surface area contributed by atoms with Crippen LogP contribution in [0.3, 0.4) is 0 Å². The summed E-state index contributed by atoms with van der Waals surface area (Å²) in [5.41, 5.74) is 9.95. The van der Waals surface area contributed by atoms with Gasteiger partial charge in [0.1, 0.15) is 11.9 Å². The Bertz CT molecular complexity index is 1160. The van der Waals surface area contributed by atoms with Crippen molar-refractivity contribution in [3.63, 3.8) is 0 Å². The van der Waals surface area contributed by atoms with E-state index in [1.807, 2.05) is 44.2 Å². The zero-order chi connectivity index (χ0) is 21.8. The minimum absolute atomic E-state index is 0.208. The number of anilines is 2. The maximum absolute atomic E-state index is 12.5. The highest BCUT2D eigenvalue weighted by atomic mass is 16.5. The molecule has 1 heterocycles. The number of nitrogen functional groups attached to an aromatic ring is 1. The van der Waals surface area contributed by atoms with Crippen molar-refractivity contribution in [3.8, 4) is 11.8 Å². The van der Waals surface area contributed by atoms with E-state index in [9.17, 15) is 14.9 Å². The van der Waals surface area contributed by atoms with Crippen LogP contribution in [0.25, 0.3) is 5.69 Å². The van der Waals surface area contributed by atoms with E-state index in [0.29, 0.717) is 17.1 Å². The number of aromatic nitrogens is 1. The van der Waals surface area contributed by atoms with E-state index in [-0.39, 0.29) is 5.56 Å². The number of para-hydroxylation sites is 2. The van der Waals surface area contributed by atoms with Gasteiger partial charge in [0.2, 0.25) is 0 Å². The molecule has 152 valence electrons. The second-order valence-corrected chi connectivity index (χ2v) is 6.88. The van der Waals surface area contributed by atoms with Gasteiger partial charge in [0.25, 0.3) is 5.91 Å². The lowest BCUT2D eigenvalue weighted by Gasteiger charge is -2.13. The molecule has 0 fully saturated rings. The number of rotatable bonds is 5. The lowest BCUT2D eigenvalue weighted by molar-refractivity contribution is -0.119. The lowest BCUT2D eigenvalue weighted by Crippen LogP contribution is -2.23. The number of ether oxygens (including phenoxy) is 1. The van der Waals surface area contributed by atoms with Crippen LogP contribution in [-0.2, 0) is 9.53 Å². The quantitative estimate of drug-likeness (QED) is 0.500. The minimum Gasteiger partial charge on any atom is -0.452 e. The predicted molar refractivity (Wildman–Crippen MR) is 114 cm³/mol. The number of amides is 1. The van der Waals surface area contributed by atoms with Crippen molar-refractivity contribution in [2.24, 2.45) is 0 Å². The summed E-state index contributed by atoms with van der Waals surface area (Å²) in [5.74, 6) is -0.895. The molecule has 2 aromatic carbocycles. The van der Waals surface area contributed by atoms with Crippen molar-refractivity contribution in [1.82, 2.24) is 4.57 Å². The molecule has 0 saturated carbocycles. The first-order chi connectivity index (χ1) is 14.3. The molecular weight excluding hydrogens is 380 g/mol. The van der Waals surface area contributed by atoms with E-state index in [2.05, 4.69) is 11.4 Å². The Morgan fingerprint density at radius 1 is 1.10 bits per heavy atom. The van der Waals surface area contributed by atoms with E-state index < -0.39 is 18.5 Å². The van der Waals surface area contributed by atoms with Gasteiger partial charge in [-0.15, -0.1) is 0 Å². The number of esters is 1. The molecular formula is C23H22N4O3. The van der Waals surface area contributed by atoms with Crippen LogP contribution in [0.5, 0.6) is 0 Å². The summed E-state index contributed by atoms with van der Waals surface area (Å²) < 4.78 is 6.93. The summed E-state index contributed by atoms with van der Waals surface area (Å²) >= 11 is 0. The summed E-state index contributed by atoms with van der Waals surface area (Å²) in [6.07, 6.45) is 0. The molecule has 0 saturated heterocycles. The largest absolute Gasteiger partial charge is 0.452 e. The fourth-order valence-corrected chi connectivity index (χ4v) is 3.20. The highest BCUT2D eigenvalue weighted by molar-refractivity contribution is 5.99. The van der Waals surface area contributed by atoms with Gasteiger partial charge in [-0.1, -0.05) is 30.3 Å². The molecule has 0 bridgehead atoms. The molecule has 0 radical (unpaired) electrons. The van der Waals surface area contributed by atoms with Crippen LogP contribution in [0.4, 0.5) is 11.5 Å². The van der Waals surface area contributed by atoms with Crippen molar-refractivity contribution in [2.45, 2.75) is 20.8 Å². The third kappa shape index (κ3) is 3.89. The molecule has 1 aromatic heterocycles. The molecule has 1 amide bonds. The number of nitrogens with one attached hydrogen (secondary N) is 1. The Labute approximate surface area is 174 Å². The summed E-state index contributed by atoms with van der Waals surface area (Å²) in [6, 6.07) is 16.5. The Balaban J connectivity index is 1.82. The molecule has 3 rings (SSSR count). The number of aryl methyl sites for hydroxylation is 1. The van der Waals surface area contributed by atoms with Gasteiger partial charge in [0.15, 0.2) is 6.61 Å². The zero-order valence-corrected chi connectivity index (χ0v) is 17.0. The monoisotopic (exact) mass is 402 g/mol. The molecule has 0 aliphatic rings. The van der Waals surface area contributed by atoms with Crippen molar-refractivity contribution in [3.05, 3.63) is 76.5 Å². The predicted octanol–water partition coefficient (Wildman–Crippen LogP) is 3.65. The molecule has 7 nitrogen and oxygen atoms in total. The van der Waals surface area contributed by atoms with Gasteiger partial charge in [-0.3, -0.25) is 9.36 Å². The highest BCUT2D eigenvalue weighted by Crippen LogP contribution is 2.29. The topological polar surface area (TPSA) is 110 Å². The van der Waals surface area contributed by atoms with E-state index in [0.717, 1.165) is 22.5 Å². The number of hydrogen-bond acceptors (Lipinski definition) is 5. The van der Waals surface area contributed by atoms with Crippen LogP contribution >= 0.6 is 0 Å². The standard InChI is InChI=1S/C23H22N4O3/c1-14-8-7-11-18(21(14)25)23(29)30-13-20(28)26-22-19(12-24)15(2)16(3)27(22)17-9-5-4-6-10-17/h4-11H,13,25H2,1-3H3,(H,26,28). The Morgan fingerprint density at radius 2 is 1.80 bits per heavy atom. The molecule has 0 atom stereocenters. The number of hydrogen-bond donors (Lipinski definition) is 2. The number of nitrogens with two attached hydrogens (primary N) is 1. The average molecular weight is 402 g/mol. The molecule has 3 N–H and O–H groups in total. The third-order valence-corrected chi connectivity index (χ3v) is 4.98. The van der Waals surface area contributed by atoms with E-state index in [4.69, 9.17) is 10.5 Å². The van der Waals surface area contributed by atoms with Gasteiger partial charge in [-0.25, -0.2) is 4.79 Å². The summed E-state index contributed by atoms with van der Waals surface area (Å²) in [5, 5.41) is 12.3.